The van der Waals surface area contributed by atoms with Crippen LogP contribution in [0.5, 0.6) is 0 Å². The molecule has 1 rings (SSSR count). The van der Waals surface area contributed by atoms with Gasteiger partial charge in [-0.15, -0.1) is 0 Å². The van der Waals surface area contributed by atoms with E-state index in [-0.39, 0.29) is 43.6 Å². The SMILES string of the molecule is CC1=NCCNC1=O.[Ar]. The summed E-state index contributed by atoms with van der Waals surface area (Å²) in [5, 5.41) is 2.66. The maximum Gasteiger partial charge on any atom is 0.264 e. The topological polar surface area (TPSA) is 41.5 Å². The van der Waals surface area contributed by atoms with E-state index in [0.717, 1.165) is 6.54 Å². The minimum absolute atomic E-state index is 0. The summed E-state index contributed by atoms with van der Waals surface area (Å²) in [4.78, 5) is 14.5. The second kappa shape index (κ2) is 4.25. The molecule has 9 heavy (non-hydrogen) atoms. The Labute approximate surface area is 83.9 Å². The number of aliphatic imine (C=N–C) groups is 1. The van der Waals surface area contributed by atoms with E-state index in [0.29, 0.717) is 12.3 Å². The fourth-order valence-corrected chi connectivity index (χ4v) is 0.593. The summed E-state index contributed by atoms with van der Waals surface area (Å²) in [6.07, 6.45) is 0. The van der Waals surface area contributed by atoms with E-state index in [2.05, 4.69) is 10.3 Å². The molecule has 0 aromatic carbocycles. The first kappa shape index (κ1) is 9.40. The summed E-state index contributed by atoms with van der Waals surface area (Å²) < 4.78 is 0. The minimum atomic E-state index is -0.0312. The van der Waals surface area contributed by atoms with Gasteiger partial charge in [-0.3, -0.25) is 9.79 Å². The molecular formula is C5H8ArN2O. The molecule has 1 aliphatic rings. The van der Waals surface area contributed by atoms with Crippen LogP contribution in [0.15, 0.2) is 4.99 Å². The average Bonchev–Trinajstić information content (AvgIpc) is 1.77. The Morgan fingerprint density at radius 3 is 2.67 bits per heavy atom. The third-order valence-electron chi connectivity index (χ3n) is 1.07. The van der Waals surface area contributed by atoms with Gasteiger partial charge in [0.15, 0.2) is 0 Å². The molecule has 1 N–H and O–H groups in total. The van der Waals surface area contributed by atoms with E-state index in [1.165, 1.54) is 0 Å². The van der Waals surface area contributed by atoms with E-state index in [1.54, 1.807) is 6.92 Å². The van der Waals surface area contributed by atoms with E-state index >= 15 is 0 Å². The first-order valence-electron chi connectivity index (χ1n) is 2.60. The van der Waals surface area contributed by atoms with Crippen molar-refractivity contribution in [1.29, 1.82) is 0 Å². The second-order valence-electron chi connectivity index (χ2n) is 1.72. The van der Waals surface area contributed by atoms with Gasteiger partial charge in [0.1, 0.15) is 0 Å². The van der Waals surface area contributed by atoms with Gasteiger partial charge in [0.05, 0.1) is 12.3 Å². The largest absolute Gasteiger partial charge is 0.349 e. The second-order valence-corrected chi connectivity index (χ2v) is 1.72. The van der Waals surface area contributed by atoms with Crippen molar-refractivity contribution in [2.45, 2.75) is 6.92 Å². The van der Waals surface area contributed by atoms with Gasteiger partial charge in [-0.25, -0.2) is 0 Å². The minimum Gasteiger partial charge on any atom is -0.349 e. The molecule has 0 spiro atoms. The summed E-state index contributed by atoms with van der Waals surface area (Å²) in [6, 6.07) is 0. The molecule has 1 aliphatic heterocycles. The summed E-state index contributed by atoms with van der Waals surface area (Å²) in [5.41, 5.74) is 0.594. The van der Waals surface area contributed by atoms with Crippen molar-refractivity contribution in [2.75, 3.05) is 13.1 Å². The molecule has 0 atom stereocenters. The van der Waals surface area contributed by atoms with E-state index in [1.807, 2.05) is 0 Å². The molecular weight excluding hydrogens is 144 g/mol. The Bertz CT molecular complexity index is 144. The molecule has 1 heterocycles. The fourth-order valence-electron chi connectivity index (χ4n) is 0.593. The molecule has 0 radical (unpaired) electrons. The Kier molecular flexibility index (Phi) is 4.44. The number of carbonyl (C=O) groups is 1. The van der Waals surface area contributed by atoms with Crippen molar-refractivity contribution in [1.82, 2.24) is 5.32 Å². The Morgan fingerprint density at radius 1 is 1.67 bits per heavy atom. The number of carbonyl (C=O) groups excluding carboxylic acids is 1. The number of nitrogens with one attached hydrogen (secondary N) is 1. The zero-order chi connectivity index (χ0) is 5.98. The van der Waals surface area contributed by atoms with Gasteiger partial charge in [0.2, 0.25) is 0 Å². The van der Waals surface area contributed by atoms with Crippen LogP contribution in [-0.2, 0) is 4.79 Å². The third-order valence-corrected chi connectivity index (χ3v) is 1.07. The Hall–Kier alpha value is 0.400. The number of rotatable bonds is 0. The number of nitrogens with zero attached hydrogens (tertiary/aromatic N) is 1. The van der Waals surface area contributed by atoms with Crippen molar-refractivity contribution in [2.24, 2.45) is 4.99 Å². The number of hydrogen-bond donors (Lipinski definition) is 1. The molecule has 1 amide bonds. The Morgan fingerprint density at radius 2 is 2.33 bits per heavy atom. The van der Waals surface area contributed by atoms with Crippen LogP contribution in [-0.4, -0.2) is 24.7 Å². The average molecular weight is 152 g/mol. The zero-order valence-electron chi connectivity index (χ0n) is 5.12. The quantitative estimate of drug-likeness (QED) is 0.503. The van der Waals surface area contributed by atoms with Gasteiger partial charge >= 0.3 is 0 Å². The molecule has 0 aromatic rings. The van der Waals surface area contributed by atoms with Crippen LogP contribution in [0.3, 0.4) is 0 Å². The zero-order valence-corrected chi connectivity index (χ0v) is 5.83. The smallest absolute Gasteiger partial charge is 0.264 e. The summed E-state index contributed by atoms with van der Waals surface area (Å²) in [7, 11) is 0. The number of amides is 1. The molecule has 0 saturated heterocycles. The van der Waals surface area contributed by atoms with Crippen molar-refractivity contribution in [3.8, 4) is 0 Å². The van der Waals surface area contributed by atoms with Gasteiger partial charge in [0.25, 0.3) is 5.91 Å². The van der Waals surface area contributed by atoms with E-state index in [4.69, 9.17) is 0 Å². The van der Waals surface area contributed by atoms with Crippen LogP contribution in [0.25, 0.3) is 0 Å². The fraction of sp³-hybridized carbons (Fsp3) is 0.600. The summed E-state index contributed by atoms with van der Waals surface area (Å²) in [5.74, 6) is -0.0312. The Balaban J connectivity index is 0.000000640. The van der Waals surface area contributed by atoms with Crippen LogP contribution in [0.4, 0.5) is 0 Å². The van der Waals surface area contributed by atoms with Crippen LogP contribution in [0.1, 0.15) is 6.92 Å². The van der Waals surface area contributed by atoms with Gasteiger partial charge < -0.3 is 5.32 Å². The third kappa shape index (κ3) is 2.65. The van der Waals surface area contributed by atoms with Gasteiger partial charge in [-0.05, 0) is 6.92 Å². The molecule has 4 heteroatoms. The summed E-state index contributed by atoms with van der Waals surface area (Å²) >= 11 is 0. The molecule has 0 saturated carbocycles. The standard InChI is InChI=1S/C5H8N2O.Ar/c1-4-5(8)7-3-2-6-4;/h2-3H2,1H3,(H,7,8);. The molecule has 52 valence electrons. The molecule has 0 bridgehead atoms. The van der Waals surface area contributed by atoms with Crippen molar-refractivity contribution < 1.29 is 42.5 Å². The normalized spacial score (nSPS) is 17.4. The van der Waals surface area contributed by atoms with Crippen LogP contribution >= 0.6 is 0 Å². The van der Waals surface area contributed by atoms with Crippen molar-refractivity contribution in [3.05, 3.63) is 0 Å². The maximum atomic E-state index is 10.6. The van der Waals surface area contributed by atoms with Crippen molar-refractivity contribution in [3.63, 3.8) is 0 Å². The molecule has 3 nitrogen and oxygen atoms in total. The van der Waals surface area contributed by atoms with Crippen LogP contribution in [0, 0.1) is 37.7 Å². The van der Waals surface area contributed by atoms with Gasteiger partial charge in [-0.1, -0.05) is 0 Å². The van der Waals surface area contributed by atoms with Gasteiger partial charge in [0, 0.05) is 44.3 Å². The van der Waals surface area contributed by atoms with Crippen molar-refractivity contribution >= 4 is 11.6 Å². The number of hydrogen-bond acceptors (Lipinski definition) is 2. The van der Waals surface area contributed by atoms with E-state index < -0.39 is 0 Å². The van der Waals surface area contributed by atoms with Crippen LogP contribution in [0.2, 0.25) is 0 Å². The molecule has 0 fully saturated rings. The van der Waals surface area contributed by atoms with Crippen LogP contribution < -0.4 is 5.32 Å². The molecule has 0 aliphatic carbocycles. The summed E-state index contributed by atoms with van der Waals surface area (Å²) in [6.45, 7) is 3.14. The molecule has 0 unspecified atom stereocenters. The first-order valence-corrected chi connectivity index (χ1v) is 2.60. The molecule has 0 aromatic heterocycles. The maximum absolute atomic E-state index is 10.6. The predicted octanol–water partition coefficient (Wildman–Crippen LogP) is -0.423. The predicted molar refractivity (Wildman–Crippen MR) is 31.0 cm³/mol. The first-order chi connectivity index (χ1) is 3.80. The van der Waals surface area contributed by atoms with E-state index in [9.17, 15) is 4.79 Å². The monoisotopic (exact) mass is 152 g/mol. The van der Waals surface area contributed by atoms with Gasteiger partial charge in [-0.2, -0.15) is 0 Å².